The molecule has 0 aliphatic rings. The molecule has 5 nitrogen and oxygen atoms in total. The van der Waals surface area contributed by atoms with E-state index in [2.05, 4.69) is 27.7 Å². The lowest BCUT2D eigenvalue weighted by molar-refractivity contribution is -0.921. The van der Waals surface area contributed by atoms with Crippen molar-refractivity contribution in [2.24, 2.45) is 0 Å². The molecular formula is C12H23NO4. The Morgan fingerprint density at radius 1 is 1.00 bits per heavy atom. The maximum Gasteiger partial charge on any atom is 0.328 e. The molecule has 0 atom stereocenters. The summed E-state index contributed by atoms with van der Waals surface area (Å²) < 4.78 is 1.28. The molecule has 1 N–H and O–H groups in total. The summed E-state index contributed by atoms with van der Waals surface area (Å²) >= 11 is 0. The van der Waals surface area contributed by atoms with E-state index in [0.29, 0.717) is 12.2 Å². The average molecular weight is 245 g/mol. The molecule has 0 radical (unpaired) electrons. The number of quaternary nitrogens is 1. The molecular weight excluding hydrogens is 222 g/mol. The van der Waals surface area contributed by atoms with Gasteiger partial charge in [-0.2, -0.15) is 0 Å². The molecule has 0 fully saturated rings. The van der Waals surface area contributed by atoms with Gasteiger partial charge in [-0.25, -0.2) is 4.79 Å². The zero-order chi connectivity index (χ0) is 13.9. The van der Waals surface area contributed by atoms with E-state index in [-0.39, 0.29) is 0 Å². The first-order chi connectivity index (χ1) is 7.87. The molecule has 0 aromatic heterocycles. The minimum Gasteiger partial charge on any atom is -0.545 e. The van der Waals surface area contributed by atoms with Gasteiger partial charge in [0.2, 0.25) is 0 Å². The van der Waals surface area contributed by atoms with Gasteiger partial charge in [-0.15, -0.1) is 0 Å². The van der Waals surface area contributed by atoms with Gasteiger partial charge >= 0.3 is 5.97 Å². The van der Waals surface area contributed by atoms with Crippen molar-refractivity contribution in [1.82, 2.24) is 0 Å². The highest BCUT2D eigenvalue weighted by molar-refractivity contribution is 5.88. The largest absolute Gasteiger partial charge is 0.545 e. The number of carboxylic acid groups (broad SMARTS) is 2. The zero-order valence-electron chi connectivity index (χ0n) is 11.1. The van der Waals surface area contributed by atoms with Gasteiger partial charge in [0.05, 0.1) is 32.1 Å². The normalized spacial score (nSPS) is 10.8. The molecule has 0 unspecified atom stereocenters. The number of nitrogens with zero attached hydrogens (tertiary/aromatic N) is 1. The molecule has 0 aromatic carbocycles. The lowest BCUT2D eigenvalue weighted by atomic mass is 10.3. The second-order valence-corrected chi connectivity index (χ2v) is 3.60. The van der Waals surface area contributed by atoms with E-state index < -0.39 is 11.9 Å². The van der Waals surface area contributed by atoms with Crippen LogP contribution in [0, 0.1) is 0 Å². The molecule has 0 spiro atoms. The van der Waals surface area contributed by atoms with Crippen LogP contribution in [0.15, 0.2) is 12.2 Å². The summed E-state index contributed by atoms with van der Waals surface area (Å²) in [5.74, 6) is -2.80. The van der Waals surface area contributed by atoms with Crippen LogP contribution in [0.4, 0.5) is 0 Å². The molecule has 0 aliphatic carbocycles. The van der Waals surface area contributed by atoms with Crippen molar-refractivity contribution in [3.05, 3.63) is 12.2 Å². The van der Waals surface area contributed by atoms with Crippen LogP contribution in [0.2, 0.25) is 0 Å². The number of hydrogen-bond donors (Lipinski definition) is 1. The molecule has 0 rings (SSSR count). The van der Waals surface area contributed by atoms with E-state index in [1.807, 2.05) is 0 Å². The van der Waals surface area contributed by atoms with E-state index in [0.717, 1.165) is 0 Å². The fourth-order valence-corrected chi connectivity index (χ4v) is 1.48. The molecule has 0 saturated carbocycles. The summed E-state index contributed by atoms with van der Waals surface area (Å²) in [6.07, 6.45) is 0.942. The quantitative estimate of drug-likeness (QED) is 0.538. The standard InChI is InChI=1S/C8H20N.C4H4O4/c1-5-9(6-2,7-3)8-4;5-3(6)1-2-4(7)8/h5-8H2,1-4H3;1-2H,(H,5,6)(H,7,8)/q+1;/p-1/b;2-1-. The first-order valence-electron chi connectivity index (χ1n) is 5.84. The third-order valence-electron chi connectivity index (χ3n) is 3.05. The van der Waals surface area contributed by atoms with Gasteiger partial charge in [-0.05, 0) is 33.8 Å². The Kier molecular flexibility index (Phi) is 10.4. The van der Waals surface area contributed by atoms with Crippen LogP contribution in [0.25, 0.3) is 0 Å². The van der Waals surface area contributed by atoms with Crippen molar-refractivity contribution >= 4 is 11.9 Å². The van der Waals surface area contributed by atoms with Crippen molar-refractivity contribution in [2.45, 2.75) is 27.7 Å². The van der Waals surface area contributed by atoms with E-state index in [1.165, 1.54) is 30.7 Å². The minimum atomic E-state index is -1.51. The SMILES string of the molecule is CC[N+](CC)(CC)CC.O=C([O-])/C=C\C(=O)O. The summed E-state index contributed by atoms with van der Waals surface area (Å²) in [5.41, 5.74) is 0. The summed E-state index contributed by atoms with van der Waals surface area (Å²) in [6, 6.07) is 0. The van der Waals surface area contributed by atoms with Gasteiger partial charge < -0.3 is 19.5 Å². The molecule has 100 valence electrons. The van der Waals surface area contributed by atoms with Crippen LogP contribution in [0.3, 0.4) is 0 Å². The van der Waals surface area contributed by atoms with Gasteiger partial charge in [0.15, 0.2) is 0 Å². The third-order valence-corrected chi connectivity index (χ3v) is 3.05. The maximum absolute atomic E-state index is 9.53. The Morgan fingerprint density at radius 3 is 1.41 bits per heavy atom. The Labute approximate surface area is 103 Å². The smallest absolute Gasteiger partial charge is 0.328 e. The highest BCUT2D eigenvalue weighted by Crippen LogP contribution is 2.03. The topological polar surface area (TPSA) is 77.4 Å². The number of carboxylic acids is 2. The van der Waals surface area contributed by atoms with Crippen molar-refractivity contribution in [3.8, 4) is 0 Å². The van der Waals surface area contributed by atoms with Gasteiger partial charge in [0.1, 0.15) is 0 Å². The number of hydrogen-bond acceptors (Lipinski definition) is 3. The molecule has 5 heteroatoms. The number of carbonyl (C=O) groups is 2. The van der Waals surface area contributed by atoms with Crippen LogP contribution in [-0.4, -0.2) is 47.7 Å². The van der Waals surface area contributed by atoms with Crippen LogP contribution in [-0.2, 0) is 9.59 Å². The Bertz CT molecular complexity index is 224. The summed E-state index contributed by atoms with van der Waals surface area (Å²) in [4.78, 5) is 19.0. The van der Waals surface area contributed by atoms with Crippen LogP contribution in [0.1, 0.15) is 27.7 Å². The Morgan fingerprint density at radius 2 is 1.35 bits per heavy atom. The summed E-state index contributed by atoms with van der Waals surface area (Å²) in [5, 5.41) is 17.2. The molecule has 17 heavy (non-hydrogen) atoms. The molecule has 0 amide bonds. The number of rotatable bonds is 6. The second-order valence-electron chi connectivity index (χ2n) is 3.60. The molecule has 0 saturated heterocycles. The Hall–Kier alpha value is -1.36. The van der Waals surface area contributed by atoms with Crippen molar-refractivity contribution in [3.63, 3.8) is 0 Å². The van der Waals surface area contributed by atoms with E-state index in [9.17, 15) is 14.7 Å². The molecule has 0 bridgehead atoms. The highest BCUT2D eigenvalue weighted by Gasteiger charge is 2.16. The highest BCUT2D eigenvalue weighted by atomic mass is 16.4. The molecule has 0 aliphatic heterocycles. The van der Waals surface area contributed by atoms with Gasteiger partial charge in [0.25, 0.3) is 0 Å². The fourth-order valence-electron chi connectivity index (χ4n) is 1.48. The van der Waals surface area contributed by atoms with Crippen LogP contribution >= 0.6 is 0 Å². The average Bonchev–Trinajstić information content (AvgIpc) is 2.31. The maximum atomic E-state index is 9.53. The lowest BCUT2D eigenvalue weighted by Gasteiger charge is -2.34. The van der Waals surface area contributed by atoms with Gasteiger partial charge in [-0.1, -0.05) is 0 Å². The monoisotopic (exact) mass is 245 g/mol. The number of carbonyl (C=O) groups excluding carboxylic acids is 1. The van der Waals surface area contributed by atoms with Crippen molar-refractivity contribution in [2.75, 3.05) is 26.2 Å². The summed E-state index contributed by atoms with van der Waals surface area (Å²) in [6.45, 7) is 14.2. The van der Waals surface area contributed by atoms with Gasteiger partial charge in [0, 0.05) is 6.08 Å². The first-order valence-corrected chi connectivity index (χ1v) is 5.84. The molecule has 0 aromatic rings. The fraction of sp³-hybridized carbons (Fsp3) is 0.667. The van der Waals surface area contributed by atoms with Crippen LogP contribution < -0.4 is 5.11 Å². The van der Waals surface area contributed by atoms with Crippen molar-refractivity contribution < 1.29 is 24.3 Å². The van der Waals surface area contributed by atoms with Crippen molar-refractivity contribution in [1.29, 1.82) is 0 Å². The minimum absolute atomic E-state index is 0.447. The zero-order valence-corrected chi connectivity index (χ0v) is 11.1. The van der Waals surface area contributed by atoms with Gasteiger partial charge in [-0.3, -0.25) is 0 Å². The van der Waals surface area contributed by atoms with E-state index in [1.54, 1.807) is 0 Å². The molecule has 0 heterocycles. The first kappa shape index (κ1) is 18.0. The predicted octanol–water partition coefficient (Wildman–Crippen LogP) is 0.260. The lowest BCUT2D eigenvalue weighted by Crippen LogP contribution is -2.47. The van der Waals surface area contributed by atoms with Crippen LogP contribution in [0.5, 0.6) is 0 Å². The summed E-state index contributed by atoms with van der Waals surface area (Å²) in [7, 11) is 0. The Balaban J connectivity index is 0. The second kappa shape index (κ2) is 9.84. The third kappa shape index (κ3) is 9.56. The van der Waals surface area contributed by atoms with E-state index >= 15 is 0 Å². The van der Waals surface area contributed by atoms with E-state index in [4.69, 9.17) is 5.11 Å². The predicted molar refractivity (Wildman–Crippen MR) is 64.2 cm³/mol. The number of aliphatic carboxylic acids is 2.